The highest BCUT2D eigenvalue weighted by Crippen LogP contribution is 2.12. The van der Waals surface area contributed by atoms with Crippen molar-refractivity contribution in [3.05, 3.63) is 29.8 Å². The summed E-state index contributed by atoms with van der Waals surface area (Å²) in [6, 6.07) is 11.8. The molecule has 1 aromatic rings. The second-order valence-electron chi connectivity index (χ2n) is 4.88. The van der Waals surface area contributed by atoms with Crippen LogP contribution in [-0.4, -0.2) is 30.6 Å². The van der Waals surface area contributed by atoms with Gasteiger partial charge in [0.1, 0.15) is 5.75 Å². The minimum absolute atomic E-state index is 0.443. The topological polar surface area (TPSA) is 60.1 Å². The van der Waals surface area contributed by atoms with Gasteiger partial charge in [0.2, 0.25) is 0 Å². The highest BCUT2D eigenvalue weighted by Gasteiger charge is 2.08. The van der Waals surface area contributed by atoms with E-state index in [1.54, 1.807) is 12.1 Å². The monoisotopic (exact) mass is 271 g/mol. The molecule has 0 amide bonds. The summed E-state index contributed by atoms with van der Waals surface area (Å²) in [5, 5.41) is 17.3. The van der Waals surface area contributed by atoms with Crippen LogP contribution in [0.25, 0.3) is 0 Å². The number of benzene rings is 1. The molecular formula is C16H21N3O. The van der Waals surface area contributed by atoms with Crippen LogP contribution < -0.4 is 4.74 Å². The van der Waals surface area contributed by atoms with E-state index in [1.807, 2.05) is 12.1 Å². The second kappa shape index (κ2) is 8.96. The zero-order chi connectivity index (χ0) is 14.8. The van der Waals surface area contributed by atoms with Gasteiger partial charge in [0.15, 0.2) is 0 Å². The van der Waals surface area contributed by atoms with Gasteiger partial charge in [0, 0.05) is 25.6 Å². The smallest absolute Gasteiger partial charge is 0.119 e. The number of nitriles is 2. The lowest BCUT2D eigenvalue weighted by molar-refractivity contribution is 0.201. The van der Waals surface area contributed by atoms with Gasteiger partial charge in [-0.3, -0.25) is 4.90 Å². The fourth-order valence-corrected chi connectivity index (χ4v) is 1.91. The molecule has 0 fully saturated rings. The van der Waals surface area contributed by atoms with Crippen LogP contribution in [0, 0.1) is 22.7 Å². The van der Waals surface area contributed by atoms with E-state index in [4.69, 9.17) is 15.3 Å². The van der Waals surface area contributed by atoms with E-state index in [0.29, 0.717) is 24.6 Å². The van der Waals surface area contributed by atoms with E-state index in [9.17, 15) is 0 Å². The molecule has 0 atom stereocenters. The van der Waals surface area contributed by atoms with E-state index in [2.05, 4.69) is 30.9 Å². The molecule has 0 bridgehead atoms. The fraction of sp³-hybridized carbons (Fsp3) is 0.500. The summed E-state index contributed by atoms with van der Waals surface area (Å²) in [6.45, 7) is 6.65. The molecule has 1 rings (SSSR count). The third kappa shape index (κ3) is 5.73. The van der Waals surface area contributed by atoms with Gasteiger partial charge in [0.25, 0.3) is 0 Å². The predicted octanol–water partition coefficient (Wildman–Crippen LogP) is 2.95. The van der Waals surface area contributed by atoms with Crippen LogP contribution in [0.4, 0.5) is 0 Å². The fourth-order valence-electron chi connectivity index (χ4n) is 1.91. The van der Waals surface area contributed by atoms with Gasteiger partial charge in [-0.1, -0.05) is 0 Å². The van der Waals surface area contributed by atoms with Crippen molar-refractivity contribution in [2.24, 2.45) is 0 Å². The maximum absolute atomic E-state index is 8.71. The largest absolute Gasteiger partial charge is 0.494 e. The van der Waals surface area contributed by atoms with Crippen molar-refractivity contribution in [2.75, 3.05) is 19.7 Å². The van der Waals surface area contributed by atoms with Gasteiger partial charge in [-0.25, -0.2) is 0 Å². The first-order chi connectivity index (χ1) is 9.67. The quantitative estimate of drug-likeness (QED) is 0.682. The van der Waals surface area contributed by atoms with Crippen LogP contribution in [0.15, 0.2) is 24.3 Å². The average Bonchev–Trinajstić information content (AvgIpc) is 2.46. The molecule has 4 heteroatoms. The number of hydrogen-bond donors (Lipinski definition) is 0. The van der Waals surface area contributed by atoms with Crippen molar-refractivity contribution in [1.29, 1.82) is 10.5 Å². The first-order valence-corrected chi connectivity index (χ1v) is 6.91. The molecular weight excluding hydrogens is 250 g/mol. The van der Waals surface area contributed by atoms with Crippen molar-refractivity contribution in [3.63, 3.8) is 0 Å². The summed E-state index contributed by atoms with van der Waals surface area (Å²) in [5.74, 6) is 0.789. The van der Waals surface area contributed by atoms with Crippen molar-refractivity contribution in [1.82, 2.24) is 4.90 Å². The molecule has 106 valence electrons. The summed E-state index contributed by atoms with van der Waals surface area (Å²) >= 11 is 0. The number of ether oxygens (including phenoxy) is 1. The molecule has 0 aliphatic heterocycles. The summed E-state index contributed by atoms with van der Waals surface area (Å²) in [5.41, 5.74) is 0.639. The molecule has 0 unspecified atom stereocenters. The minimum atomic E-state index is 0.443. The zero-order valence-electron chi connectivity index (χ0n) is 12.2. The van der Waals surface area contributed by atoms with Gasteiger partial charge in [-0.05, 0) is 44.5 Å². The third-order valence-electron chi connectivity index (χ3n) is 3.08. The Hall–Kier alpha value is -2.04. The number of rotatable bonds is 8. The lowest BCUT2D eigenvalue weighted by Gasteiger charge is -2.25. The maximum Gasteiger partial charge on any atom is 0.119 e. The summed E-state index contributed by atoms with van der Waals surface area (Å²) < 4.78 is 5.64. The molecule has 0 radical (unpaired) electrons. The van der Waals surface area contributed by atoms with Crippen LogP contribution in [0.3, 0.4) is 0 Å². The zero-order valence-corrected chi connectivity index (χ0v) is 12.2. The van der Waals surface area contributed by atoms with E-state index in [0.717, 1.165) is 25.3 Å². The van der Waals surface area contributed by atoms with Crippen LogP contribution in [0.1, 0.15) is 32.3 Å². The molecule has 0 N–H and O–H groups in total. The summed E-state index contributed by atoms with van der Waals surface area (Å²) in [6.07, 6.45) is 1.48. The van der Waals surface area contributed by atoms with Gasteiger partial charge < -0.3 is 4.74 Å². The molecule has 0 saturated carbocycles. The Morgan fingerprint density at radius 3 is 2.40 bits per heavy atom. The SMILES string of the molecule is CC(C)N(CCC#N)CCCOc1ccc(C#N)cc1. The molecule has 0 aromatic heterocycles. The van der Waals surface area contributed by atoms with Crippen molar-refractivity contribution in [2.45, 2.75) is 32.7 Å². The molecule has 0 aliphatic rings. The average molecular weight is 271 g/mol. The Morgan fingerprint density at radius 1 is 1.15 bits per heavy atom. The third-order valence-corrected chi connectivity index (χ3v) is 3.08. The van der Waals surface area contributed by atoms with Crippen LogP contribution in [0.5, 0.6) is 5.75 Å². The first kappa shape index (κ1) is 16.0. The lowest BCUT2D eigenvalue weighted by Crippen LogP contribution is -2.33. The van der Waals surface area contributed by atoms with Gasteiger partial charge in [-0.2, -0.15) is 10.5 Å². The highest BCUT2D eigenvalue weighted by atomic mass is 16.5. The van der Waals surface area contributed by atoms with E-state index in [-0.39, 0.29) is 0 Å². The molecule has 0 saturated heterocycles. The first-order valence-electron chi connectivity index (χ1n) is 6.91. The Kier molecular flexibility index (Phi) is 7.17. The van der Waals surface area contributed by atoms with E-state index in [1.165, 1.54) is 0 Å². The molecule has 20 heavy (non-hydrogen) atoms. The van der Waals surface area contributed by atoms with Gasteiger partial charge in [-0.15, -0.1) is 0 Å². The maximum atomic E-state index is 8.71. The molecule has 0 heterocycles. The lowest BCUT2D eigenvalue weighted by atomic mass is 10.2. The molecule has 0 aliphatic carbocycles. The summed E-state index contributed by atoms with van der Waals surface area (Å²) in [7, 11) is 0. The predicted molar refractivity (Wildman–Crippen MR) is 78.2 cm³/mol. The standard InChI is InChI=1S/C16H21N3O/c1-14(2)19(10-3-9-17)11-4-12-20-16-7-5-15(13-18)6-8-16/h5-8,14H,3-4,10-12H2,1-2H3. The normalized spacial score (nSPS) is 10.3. The van der Waals surface area contributed by atoms with E-state index >= 15 is 0 Å². The summed E-state index contributed by atoms with van der Waals surface area (Å²) in [4.78, 5) is 2.28. The molecule has 4 nitrogen and oxygen atoms in total. The van der Waals surface area contributed by atoms with Crippen molar-refractivity contribution < 1.29 is 4.74 Å². The van der Waals surface area contributed by atoms with Crippen LogP contribution >= 0.6 is 0 Å². The van der Waals surface area contributed by atoms with Crippen molar-refractivity contribution >= 4 is 0 Å². The van der Waals surface area contributed by atoms with Gasteiger partial charge >= 0.3 is 0 Å². The second-order valence-corrected chi connectivity index (χ2v) is 4.88. The van der Waals surface area contributed by atoms with Crippen LogP contribution in [-0.2, 0) is 0 Å². The van der Waals surface area contributed by atoms with Crippen LogP contribution in [0.2, 0.25) is 0 Å². The van der Waals surface area contributed by atoms with Gasteiger partial charge in [0.05, 0.1) is 24.3 Å². The molecule has 0 spiro atoms. The highest BCUT2D eigenvalue weighted by molar-refractivity contribution is 5.34. The van der Waals surface area contributed by atoms with E-state index < -0.39 is 0 Å². The Balaban J connectivity index is 2.29. The number of nitrogens with zero attached hydrogens (tertiary/aromatic N) is 3. The minimum Gasteiger partial charge on any atom is -0.494 e. The Morgan fingerprint density at radius 2 is 1.85 bits per heavy atom. The number of hydrogen-bond acceptors (Lipinski definition) is 4. The molecule has 1 aromatic carbocycles. The Labute approximate surface area is 121 Å². The Bertz CT molecular complexity index is 468. The van der Waals surface area contributed by atoms with Crippen molar-refractivity contribution in [3.8, 4) is 17.9 Å².